The van der Waals surface area contributed by atoms with E-state index in [4.69, 9.17) is 9.47 Å². The Morgan fingerprint density at radius 1 is 1.31 bits per heavy atom. The number of ketones is 1. The second kappa shape index (κ2) is 8.29. The van der Waals surface area contributed by atoms with Gasteiger partial charge in [-0.25, -0.2) is 0 Å². The van der Waals surface area contributed by atoms with Crippen LogP contribution in [0.5, 0.6) is 0 Å². The Hall–Kier alpha value is -1.09. The fourth-order valence-corrected chi connectivity index (χ4v) is 3.69. The maximum absolute atomic E-state index is 11.8. The maximum atomic E-state index is 11.8. The van der Waals surface area contributed by atoms with Gasteiger partial charge >= 0.3 is 0 Å². The fourth-order valence-electron chi connectivity index (χ4n) is 3.69. The normalized spacial score (nSPS) is 39.1. The van der Waals surface area contributed by atoms with E-state index in [0.29, 0.717) is 6.42 Å². The molecule has 1 fully saturated rings. The van der Waals surface area contributed by atoms with Crippen molar-refractivity contribution in [3.8, 4) is 0 Å². The van der Waals surface area contributed by atoms with Crippen molar-refractivity contribution in [2.24, 2.45) is 11.3 Å². The van der Waals surface area contributed by atoms with E-state index in [-0.39, 0.29) is 17.1 Å². The molecule has 1 aliphatic heterocycles. The Morgan fingerprint density at radius 2 is 1.96 bits per heavy atom. The highest BCUT2D eigenvalue weighted by atomic mass is 16.7. The molecule has 0 aromatic rings. The summed E-state index contributed by atoms with van der Waals surface area (Å²) >= 11 is 0. The summed E-state index contributed by atoms with van der Waals surface area (Å²) in [6.45, 7) is 7.28. The van der Waals surface area contributed by atoms with Crippen molar-refractivity contribution in [1.29, 1.82) is 0 Å². The first-order chi connectivity index (χ1) is 12.1. The van der Waals surface area contributed by atoms with Gasteiger partial charge in [0.1, 0.15) is 24.4 Å². The molecule has 7 heteroatoms. The predicted octanol–water partition coefficient (Wildman–Crippen LogP) is 0.309. The Labute approximate surface area is 153 Å². The van der Waals surface area contributed by atoms with Crippen LogP contribution in [0.25, 0.3) is 0 Å². The molecule has 2 rings (SSSR count). The zero-order valence-electron chi connectivity index (χ0n) is 15.7. The average molecular weight is 370 g/mol. The lowest BCUT2D eigenvalue weighted by Gasteiger charge is -2.40. The van der Waals surface area contributed by atoms with E-state index in [2.05, 4.69) is 0 Å². The van der Waals surface area contributed by atoms with E-state index in [1.54, 1.807) is 13.0 Å². The monoisotopic (exact) mass is 370 g/mol. The van der Waals surface area contributed by atoms with Crippen LogP contribution in [0.1, 0.15) is 34.1 Å². The summed E-state index contributed by atoms with van der Waals surface area (Å²) < 4.78 is 11.0. The molecule has 148 valence electrons. The lowest BCUT2D eigenvalue weighted by Crippen LogP contribution is -2.59. The van der Waals surface area contributed by atoms with Crippen molar-refractivity contribution in [3.63, 3.8) is 0 Å². The number of carbonyl (C=O) groups is 1. The third-order valence-corrected chi connectivity index (χ3v) is 5.12. The zero-order valence-corrected chi connectivity index (χ0v) is 15.7. The summed E-state index contributed by atoms with van der Waals surface area (Å²) in [6, 6.07) is 0. The number of ether oxygens (including phenoxy) is 2. The van der Waals surface area contributed by atoms with Gasteiger partial charge in [-0.1, -0.05) is 31.6 Å². The highest BCUT2D eigenvalue weighted by molar-refractivity contribution is 5.92. The van der Waals surface area contributed by atoms with Crippen LogP contribution in [0, 0.1) is 11.3 Å². The quantitative estimate of drug-likeness (QED) is 0.515. The SMILES string of the molecule is CC1=CC(=O)CC(C)(C)[C@H]1/C=C/C(C)OC1OC(CO)C(O)C(O)C1O. The second-order valence-electron chi connectivity index (χ2n) is 7.92. The van der Waals surface area contributed by atoms with E-state index in [9.17, 15) is 25.2 Å². The molecule has 7 nitrogen and oxygen atoms in total. The number of aliphatic hydroxyl groups is 4. The Morgan fingerprint density at radius 3 is 2.54 bits per heavy atom. The summed E-state index contributed by atoms with van der Waals surface area (Å²) in [6.07, 6.45) is -0.958. The number of hydrogen-bond acceptors (Lipinski definition) is 7. The molecule has 6 unspecified atom stereocenters. The molecule has 26 heavy (non-hydrogen) atoms. The van der Waals surface area contributed by atoms with Gasteiger partial charge < -0.3 is 29.9 Å². The zero-order chi connectivity index (χ0) is 19.6. The van der Waals surface area contributed by atoms with Crippen LogP contribution in [0.4, 0.5) is 0 Å². The van der Waals surface area contributed by atoms with Crippen molar-refractivity contribution in [2.45, 2.75) is 70.9 Å². The van der Waals surface area contributed by atoms with E-state index < -0.39 is 43.4 Å². The minimum Gasteiger partial charge on any atom is -0.394 e. The predicted molar refractivity (Wildman–Crippen MR) is 94.1 cm³/mol. The van der Waals surface area contributed by atoms with Gasteiger partial charge in [-0.05, 0) is 25.3 Å². The molecule has 1 aliphatic carbocycles. The van der Waals surface area contributed by atoms with Crippen molar-refractivity contribution in [3.05, 3.63) is 23.8 Å². The molecule has 0 amide bonds. The average Bonchev–Trinajstić information content (AvgIpc) is 2.53. The number of aliphatic hydroxyl groups excluding tert-OH is 4. The van der Waals surface area contributed by atoms with Crippen LogP contribution in [-0.4, -0.2) is 69.6 Å². The second-order valence-corrected chi connectivity index (χ2v) is 7.92. The van der Waals surface area contributed by atoms with Gasteiger partial charge in [0.15, 0.2) is 12.1 Å². The van der Waals surface area contributed by atoms with Crippen LogP contribution in [-0.2, 0) is 14.3 Å². The number of allylic oxidation sites excluding steroid dienone is 3. The molecule has 0 bridgehead atoms. The Balaban J connectivity index is 2.03. The molecule has 0 spiro atoms. The van der Waals surface area contributed by atoms with E-state index >= 15 is 0 Å². The van der Waals surface area contributed by atoms with E-state index in [0.717, 1.165) is 5.57 Å². The Kier molecular flexibility index (Phi) is 6.76. The van der Waals surface area contributed by atoms with Crippen LogP contribution in [0.2, 0.25) is 0 Å². The van der Waals surface area contributed by atoms with Crippen LogP contribution < -0.4 is 0 Å². The largest absolute Gasteiger partial charge is 0.394 e. The highest BCUT2D eigenvalue weighted by Gasteiger charge is 2.44. The number of hydrogen-bond donors (Lipinski definition) is 4. The maximum Gasteiger partial charge on any atom is 0.187 e. The summed E-state index contributed by atoms with van der Waals surface area (Å²) in [5.41, 5.74) is 0.789. The van der Waals surface area contributed by atoms with Gasteiger partial charge in [-0.2, -0.15) is 0 Å². The summed E-state index contributed by atoms with van der Waals surface area (Å²) in [4.78, 5) is 11.8. The van der Waals surface area contributed by atoms with Crippen LogP contribution >= 0.6 is 0 Å². The van der Waals surface area contributed by atoms with Crippen LogP contribution in [0.15, 0.2) is 23.8 Å². The highest BCUT2D eigenvalue weighted by Crippen LogP contribution is 2.40. The third-order valence-electron chi connectivity index (χ3n) is 5.12. The molecule has 0 aromatic carbocycles. The molecule has 0 radical (unpaired) electrons. The van der Waals surface area contributed by atoms with E-state index in [1.165, 1.54) is 0 Å². The van der Waals surface area contributed by atoms with Crippen molar-refractivity contribution >= 4 is 5.78 Å². The topological polar surface area (TPSA) is 116 Å². The van der Waals surface area contributed by atoms with E-state index in [1.807, 2.05) is 32.9 Å². The first-order valence-corrected chi connectivity index (χ1v) is 8.92. The molecule has 7 atom stereocenters. The summed E-state index contributed by atoms with van der Waals surface area (Å²) in [5.74, 6) is 0.212. The molecule has 2 aliphatic rings. The van der Waals surface area contributed by atoms with Crippen molar-refractivity contribution in [2.75, 3.05) is 6.61 Å². The summed E-state index contributed by atoms with van der Waals surface area (Å²) in [5, 5.41) is 38.9. The summed E-state index contributed by atoms with van der Waals surface area (Å²) in [7, 11) is 0. The van der Waals surface area contributed by atoms with Gasteiger partial charge in [-0.15, -0.1) is 0 Å². The molecular weight excluding hydrogens is 340 g/mol. The first-order valence-electron chi connectivity index (χ1n) is 8.92. The molecule has 4 N–H and O–H groups in total. The molecule has 0 saturated carbocycles. The minimum atomic E-state index is -1.46. The fraction of sp³-hybridized carbons (Fsp3) is 0.737. The van der Waals surface area contributed by atoms with Crippen molar-refractivity contribution in [1.82, 2.24) is 0 Å². The van der Waals surface area contributed by atoms with Crippen molar-refractivity contribution < 1.29 is 34.7 Å². The van der Waals surface area contributed by atoms with Gasteiger partial charge in [0.2, 0.25) is 0 Å². The minimum absolute atomic E-state index is 0.0843. The third kappa shape index (κ3) is 4.60. The lowest BCUT2D eigenvalue weighted by molar-refractivity contribution is -0.306. The van der Waals surface area contributed by atoms with Gasteiger partial charge in [0.05, 0.1) is 12.7 Å². The Bertz CT molecular complexity index is 566. The lowest BCUT2D eigenvalue weighted by atomic mass is 9.68. The smallest absolute Gasteiger partial charge is 0.187 e. The van der Waals surface area contributed by atoms with Gasteiger partial charge in [0, 0.05) is 12.3 Å². The van der Waals surface area contributed by atoms with Gasteiger partial charge in [0.25, 0.3) is 0 Å². The molecular formula is C19H30O7. The first kappa shape index (κ1) is 21.2. The number of rotatable bonds is 5. The molecule has 1 saturated heterocycles. The van der Waals surface area contributed by atoms with Crippen LogP contribution in [0.3, 0.4) is 0 Å². The molecule has 0 aromatic heterocycles. The molecule has 1 heterocycles. The number of carbonyl (C=O) groups excluding carboxylic acids is 1. The standard InChI is InChI=1S/C19H30O7/c1-10-7-12(21)8-19(3,4)13(10)6-5-11(2)25-18-17(24)16(23)15(22)14(9-20)26-18/h5-7,11,13-18,20,22-24H,8-9H2,1-4H3/b6-5+/t11?,13-,14?,15?,16?,17?,18?/m0/s1. The van der Waals surface area contributed by atoms with Gasteiger partial charge in [-0.3, -0.25) is 4.79 Å².